The van der Waals surface area contributed by atoms with Crippen molar-refractivity contribution in [1.29, 1.82) is 0 Å². The molecule has 50 heavy (non-hydrogen) atoms. The Morgan fingerprint density at radius 1 is 1.14 bits per heavy atom. The summed E-state index contributed by atoms with van der Waals surface area (Å²) in [5, 5.41) is 19.4. The number of ketones is 1. The molecule has 0 unspecified atom stereocenters. The zero-order valence-corrected chi connectivity index (χ0v) is 31.5. The molecule has 5 aliphatic rings. The summed E-state index contributed by atoms with van der Waals surface area (Å²) < 4.78 is 6.09. The Kier molecular flexibility index (Phi) is 11.0. The number of para-hydroxylation sites is 1. The number of methoxy groups -OCH3 is 1. The summed E-state index contributed by atoms with van der Waals surface area (Å²) in [4.78, 5) is 35.8. The van der Waals surface area contributed by atoms with Gasteiger partial charge in [0, 0.05) is 62.4 Å². The molecule has 1 aliphatic heterocycles. The molecule has 4 saturated carbocycles. The molecule has 7 rings (SSSR count). The molecule has 1 saturated heterocycles. The smallest absolute Gasteiger partial charge is 0.251 e. The number of Topliss-reactive ketones (excluding diaryl/α,β-unsaturated/α-hetero) is 1. The number of nitrogens with zero attached hydrogens (tertiary/aromatic N) is 2. The number of rotatable bonds is 15. The molecule has 2 aromatic carbocycles. The number of nitrogens with one attached hydrogen (secondary N) is 2. The van der Waals surface area contributed by atoms with Crippen LogP contribution < -0.4 is 20.3 Å². The van der Waals surface area contributed by atoms with Crippen molar-refractivity contribution in [3.8, 4) is 16.9 Å². The maximum Gasteiger partial charge on any atom is 0.251 e. The highest BCUT2D eigenvalue weighted by molar-refractivity contribution is 5.97. The fraction of sp³-hybridized carbons (Fsp3) is 0.659. The first-order chi connectivity index (χ1) is 23.8. The van der Waals surface area contributed by atoms with E-state index < -0.39 is 12.1 Å². The average Bonchev–Trinajstić information content (AvgIpc) is 3.85. The van der Waals surface area contributed by atoms with Crippen LogP contribution in [0.15, 0.2) is 36.4 Å². The van der Waals surface area contributed by atoms with Gasteiger partial charge in [0.2, 0.25) is 0 Å². The molecular formula is C41H60N4O5. The predicted molar refractivity (Wildman–Crippen MR) is 198 cm³/mol. The summed E-state index contributed by atoms with van der Waals surface area (Å²) in [7, 11) is 7.20. The normalized spacial score (nSPS) is 29.3. The highest BCUT2D eigenvalue weighted by atomic mass is 16.7. The molecule has 2 bridgehead atoms. The third-order valence-corrected chi connectivity index (χ3v) is 12.9. The van der Waals surface area contributed by atoms with Crippen LogP contribution in [0.5, 0.6) is 5.75 Å². The van der Waals surface area contributed by atoms with E-state index in [1.165, 1.54) is 25.7 Å². The van der Waals surface area contributed by atoms with Crippen LogP contribution in [0.2, 0.25) is 0 Å². The van der Waals surface area contributed by atoms with Crippen LogP contribution in [0.3, 0.4) is 0 Å². The maximum absolute atomic E-state index is 14.4. The van der Waals surface area contributed by atoms with Gasteiger partial charge < -0.3 is 25.4 Å². The van der Waals surface area contributed by atoms with Crippen LogP contribution in [-0.2, 0) is 16.2 Å². The van der Waals surface area contributed by atoms with Gasteiger partial charge in [-0.3, -0.25) is 14.4 Å². The lowest BCUT2D eigenvalue weighted by Gasteiger charge is -2.62. The van der Waals surface area contributed by atoms with Gasteiger partial charge in [0.1, 0.15) is 11.8 Å². The zero-order chi connectivity index (χ0) is 35.9. The largest absolute Gasteiger partial charge is 0.496 e. The summed E-state index contributed by atoms with van der Waals surface area (Å²) in [6, 6.07) is 11.2. The van der Waals surface area contributed by atoms with E-state index in [4.69, 9.17) is 9.57 Å². The van der Waals surface area contributed by atoms with E-state index >= 15 is 0 Å². The summed E-state index contributed by atoms with van der Waals surface area (Å²) >= 11 is 0. The van der Waals surface area contributed by atoms with E-state index in [0.717, 1.165) is 47.2 Å². The van der Waals surface area contributed by atoms with Gasteiger partial charge in [0.15, 0.2) is 5.78 Å². The molecule has 8 atom stereocenters. The molecule has 274 valence electrons. The lowest BCUT2D eigenvalue weighted by atomic mass is 9.43. The first kappa shape index (κ1) is 36.8. The molecule has 4 aliphatic carbocycles. The number of hydrogen-bond acceptors (Lipinski definition) is 8. The number of carbonyl (C=O) groups is 2. The number of aliphatic hydroxyl groups excluding tert-OH is 1. The van der Waals surface area contributed by atoms with Crippen LogP contribution >= 0.6 is 0 Å². The number of fused-ring (bicyclic) bond motifs is 2. The van der Waals surface area contributed by atoms with E-state index in [0.29, 0.717) is 54.0 Å². The number of benzene rings is 2. The minimum Gasteiger partial charge on any atom is -0.496 e. The van der Waals surface area contributed by atoms with Crippen molar-refractivity contribution >= 4 is 17.4 Å². The van der Waals surface area contributed by atoms with Gasteiger partial charge in [-0.15, -0.1) is 0 Å². The van der Waals surface area contributed by atoms with Crippen molar-refractivity contribution in [3.63, 3.8) is 0 Å². The quantitative estimate of drug-likeness (QED) is 0.212. The number of ether oxygens (including phenoxy) is 1. The van der Waals surface area contributed by atoms with Crippen molar-refractivity contribution in [3.05, 3.63) is 47.5 Å². The van der Waals surface area contributed by atoms with E-state index in [9.17, 15) is 14.7 Å². The van der Waals surface area contributed by atoms with Crippen molar-refractivity contribution in [2.45, 2.75) is 91.0 Å². The lowest BCUT2D eigenvalue weighted by Crippen LogP contribution is -2.55. The molecule has 0 aromatic heterocycles. The average molecular weight is 689 g/mol. The Bertz CT molecular complexity index is 1540. The Balaban J connectivity index is 1.28. The summed E-state index contributed by atoms with van der Waals surface area (Å²) in [6.45, 7) is 10.9. The third kappa shape index (κ3) is 7.34. The molecule has 9 nitrogen and oxygen atoms in total. The topological polar surface area (TPSA) is 103 Å². The molecule has 0 spiro atoms. The third-order valence-electron chi connectivity index (χ3n) is 12.9. The molecular weight excluding hydrogens is 628 g/mol. The van der Waals surface area contributed by atoms with Gasteiger partial charge in [-0.05, 0) is 104 Å². The molecule has 3 N–H and O–H groups in total. The molecule has 9 heteroatoms. The summed E-state index contributed by atoms with van der Waals surface area (Å²) in [5.74, 6) is 3.69. The zero-order valence-electron chi connectivity index (χ0n) is 31.5. The minimum atomic E-state index is -0.714. The molecule has 1 amide bonds. The second kappa shape index (κ2) is 14.9. The second-order valence-corrected chi connectivity index (χ2v) is 16.5. The van der Waals surface area contributed by atoms with E-state index in [1.807, 2.05) is 54.4 Å². The number of hydroxylamine groups is 2. The molecule has 1 heterocycles. The summed E-state index contributed by atoms with van der Waals surface area (Å²) in [6.07, 6.45) is 5.37. The van der Waals surface area contributed by atoms with Gasteiger partial charge in [-0.1, -0.05) is 39.0 Å². The van der Waals surface area contributed by atoms with Crippen molar-refractivity contribution in [2.75, 3.05) is 46.2 Å². The molecule has 5 fully saturated rings. The number of aliphatic hydroxyl groups is 1. The van der Waals surface area contributed by atoms with E-state index in [2.05, 4.69) is 37.5 Å². The number of carbonyl (C=O) groups excluding carboxylic acids is 2. The van der Waals surface area contributed by atoms with Gasteiger partial charge in [-0.25, -0.2) is 0 Å². The highest BCUT2D eigenvalue weighted by Crippen LogP contribution is 2.63. The van der Waals surface area contributed by atoms with Crippen LogP contribution in [0.4, 0.5) is 5.69 Å². The monoisotopic (exact) mass is 688 g/mol. The minimum absolute atomic E-state index is 0.148. The maximum atomic E-state index is 14.4. The van der Waals surface area contributed by atoms with Gasteiger partial charge in [0.05, 0.1) is 25.9 Å². The van der Waals surface area contributed by atoms with Crippen LogP contribution in [0.1, 0.15) is 82.1 Å². The lowest BCUT2D eigenvalue weighted by molar-refractivity contribution is -0.174. The van der Waals surface area contributed by atoms with E-state index in [-0.39, 0.29) is 23.7 Å². The Hall–Kier alpha value is -2.98. The van der Waals surface area contributed by atoms with Gasteiger partial charge in [0.25, 0.3) is 5.91 Å². The standard InChI is InChI=1S/C41H60N4O5/c1-24-27(17-31-20-34(24)41(31,3)4)14-15-35(47)38-37(25(2)46)36(22-43-21-26-12-13-26)50-45(38)23-28-10-9-11-33(39(28)49-8)29-16-30(40(48)42-5)19-32(18-29)44(6)7/h9-11,16,18-19,24-27,31,34,36-38,43,46H,12-15,17,20-23H2,1-8H3,(H,42,48)/t24-,25+,27+,31+,34+,36+,37-,38-/m1/s1. The van der Waals surface area contributed by atoms with Gasteiger partial charge >= 0.3 is 0 Å². The fourth-order valence-electron chi connectivity index (χ4n) is 9.47. The van der Waals surface area contributed by atoms with Crippen LogP contribution in [0, 0.1) is 40.9 Å². The Morgan fingerprint density at radius 3 is 2.52 bits per heavy atom. The fourth-order valence-corrected chi connectivity index (χ4v) is 9.47. The summed E-state index contributed by atoms with van der Waals surface area (Å²) in [5.41, 5.74) is 4.46. The van der Waals surface area contributed by atoms with E-state index in [1.54, 1.807) is 21.1 Å². The number of hydrogen-bond donors (Lipinski definition) is 3. The van der Waals surface area contributed by atoms with Crippen LogP contribution in [-0.4, -0.2) is 81.5 Å². The Morgan fingerprint density at radius 2 is 1.90 bits per heavy atom. The first-order valence-corrected chi connectivity index (χ1v) is 18.9. The van der Waals surface area contributed by atoms with Gasteiger partial charge in [-0.2, -0.15) is 5.06 Å². The Labute approximate surface area is 299 Å². The van der Waals surface area contributed by atoms with Crippen molar-refractivity contribution in [1.82, 2.24) is 15.7 Å². The number of anilines is 1. The highest BCUT2D eigenvalue weighted by Gasteiger charge is 2.56. The van der Waals surface area contributed by atoms with Crippen molar-refractivity contribution in [2.24, 2.45) is 40.9 Å². The first-order valence-electron chi connectivity index (χ1n) is 18.9. The van der Waals surface area contributed by atoms with Crippen molar-refractivity contribution < 1.29 is 24.3 Å². The second-order valence-electron chi connectivity index (χ2n) is 16.5. The molecule has 2 aromatic rings. The number of amides is 1. The van der Waals surface area contributed by atoms with Crippen LogP contribution in [0.25, 0.3) is 11.1 Å². The molecule has 0 radical (unpaired) electrons. The SMILES string of the molecule is CNC(=O)c1cc(-c2cccc(CN3O[C@@H](CNCC4CC4)[C@@H]([C@H](C)O)[C@H]3C(=O)CC[C@H]3C[C@H]4C[C@@H]([C@@H]3C)C4(C)C)c2OC)cc(N(C)C)c1. The predicted octanol–water partition coefficient (Wildman–Crippen LogP) is 5.94.